The summed E-state index contributed by atoms with van der Waals surface area (Å²) in [7, 11) is 0. The van der Waals surface area contributed by atoms with Gasteiger partial charge in [0.15, 0.2) is 0 Å². The Hall–Kier alpha value is -1.88. The summed E-state index contributed by atoms with van der Waals surface area (Å²) in [5, 5.41) is 3.48. The summed E-state index contributed by atoms with van der Waals surface area (Å²) in [5.74, 6) is -0.153. The first-order chi connectivity index (χ1) is 12.0. The molecule has 1 N–H and O–H groups in total. The Bertz CT molecular complexity index is 671. The molecule has 0 spiro atoms. The van der Waals surface area contributed by atoms with E-state index in [2.05, 4.69) is 5.32 Å². The van der Waals surface area contributed by atoms with Gasteiger partial charge in [0, 0.05) is 11.6 Å². The molecular formula is C20H24ClNO3. The molecule has 0 heterocycles. The predicted octanol–water partition coefficient (Wildman–Crippen LogP) is 4.10. The van der Waals surface area contributed by atoms with Crippen molar-refractivity contribution in [3.63, 3.8) is 0 Å². The Morgan fingerprint density at radius 3 is 2.40 bits per heavy atom. The first-order valence-corrected chi connectivity index (χ1v) is 8.69. The molecule has 0 aromatic heterocycles. The van der Waals surface area contributed by atoms with Crippen LogP contribution in [0.2, 0.25) is 5.02 Å². The van der Waals surface area contributed by atoms with Crippen molar-refractivity contribution in [3.8, 4) is 0 Å². The quantitative estimate of drug-likeness (QED) is 0.731. The molecule has 25 heavy (non-hydrogen) atoms. The van der Waals surface area contributed by atoms with Crippen LogP contribution in [0.5, 0.6) is 0 Å². The second-order valence-electron chi connectivity index (χ2n) is 6.04. The number of carbonyl (C=O) groups excluding carboxylic acids is 1. The lowest BCUT2D eigenvalue weighted by Gasteiger charge is -2.09. The first-order valence-electron chi connectivity index (χ1n) is 8.32. The van der Waals surface area contributed by atoms with Gasteiger partial charge in [-0.25, -0.2) is 0 Å². The van der Waals surface area contributed by atoms with Gasteiger partial charge in [-0.05, 0) is 36.6 Å². The average molecular weight is 362 g/mol. The molecule has 0 saturated carbocycles. The highest BCUT2D eigenvalue weighted by Gasteiger charge is 2.04. The van der Waals surface area contributed by atoms with Crippen LogP contribution in [-0.2, 0) is 34.0 Å². The van der Waals surface area contributed by atoms with Gasteiger partial charge in [0.25, 0.3) is 0 Å². The fourth-order valence-corrected chi connectivity index (χ4v) is 2.33. The van der Waals surface area contributed by atoms with Crippen molar-refractivity contribution in [2.75, 3.05) is 6.61 Å². The molecule has 4 nitrogen and oxygen atoms in total. The summed E-state index contributed by atoms with van der Waals surface area (Å²) < 4.78 is 11.0. The standard InChI is InChI=1S/C20H24ClNO3/c1-15(2)25-12-17-9-7-16(8-10-17)11-22-20(23)14-24-13-18-5-3-4-6-19(18)21/h3-10,15H,11-14H2,1-2H3,(H,22,23). The highest BCUT2D eigenvalue weighted by Crippen LogP contribution is 2.15. The summed E-state index contributed by atoms with van der Waals surface area (Å²) in [6.45, 7) is 5.42. The minimum Gasteiger partial charge on any atom is -0.374 e. The Labute approximate surface area is 154 Å². The summed E-state index contributed by atoms with van der Waals surface area (Å²) in [6, 6.07) is 15.4. The van der Waals surface area contributed by atoms with Crippen LogP contribution in [0.3, 0.4) is 0 Å². The van der Waals surface area contributed by atoms with E-state index in [0.717, 1.165) is 16.7 Å². The molecule has 1 amide bonds. The average Bonchev–Trinajstić information content (AvgIpc) is 2.60. The molecule has 0 fully saturated rings. The monoisotopic (exact) mass is 361 g/mol. The molecule has 0 aliphatic carbocycles. The van der Waals surface area contributed by atoms with Crippen LogP contribution >= 0.6 is 11.6 Å². The van der Waals surface area contributed by atoms with Crippen LogP contribution in [0.4, 0.5) is 0 Å². The number of ether oxygens (including phenoxy) is 2. The smallest absolute Gasteiger partial charge is 0.246 e. The largest absolute Gasteiger partial charge is 0.374 e. The Morgan fingerprint density at radius 1 is 1.04 bits per heavy atom. The summed E-state index contributed by atoms with van der Waals surface area (Å²) in [6.07, 6.45) is 0.213. The number of carbonyl (C=O) groups is 1. The Kier molecular flexibility index (Phi) is 7.92. The maximum Gasteiger partial charge on any atom is 0.246 e. The molecule has 5 heteroatoms. The highest BCUT2D eigenvalue weighted by molar-refractivity contribution is 6.31. The van der Waals surface area contributed by atoms with Crippen LogP contribution in [0.1, 0.15) is 30.5 Å². The molecular weight excluding hydrogens is 338 g/mol. The predicted molar refractivity (Wildman–Crippen MR) is 99.3 cm³/mol. The molecule has 134 valence electrons. The van der Waals surface area contributed by atoms with Gasteiger partial charge in [-0.3, -0.25) is 4.79 Å². The van der Waals surface area contributed by atoms with Crippen LogP contribution in [0.25, 0.3) is 0 Å². The first kappa shape index (κ1) is 19.4. The fourth-order valence-electron chi connectivity index (χ4n) is 2.14. The van der Waals surface area contributed by atoms with E-state index in [0.29, 0.717) is 24.8 Å². The molecule has 0 saturated heterocycles. The molecule has 0 bridgehead atoms. The van der Waals surface area contributed by atoms with E-state index in [-0.39, 0.29) is 18.6 Å². The molecule has 2 aromatic rings. The van der Waals surface area contributed by atoms with Crippen molar-refractivity contribution in [2.24, 2.45) is 0 Å². The third-order valence-corrected chi connectivity index (χ3v) is 3.91. The van der Waals surface area contributed by atoms with E-state index in [1.165, 1.54) is 0 Å². The van der Waals surface area contributed by atoms with Crippen LogP contribution in [0.15, 0.2) is 48.5 Å². The molecule has 0 aliphatic heterocycles. The van der Waals surface area contributed by atoms with Crippen molar-refractivity contribution in [2.45, 2.75) is 39.7 Å². The van der Waals surface area contributed by atoms with Crippen molar-refractivity contribution in [1.82, 2.24) is 5.32 Å². The third kappa shape index (κ3) is 7.26. The number of hydrogen-bond donors (Lipinski definition) is 1. The van der Waals surface area contributed by atoms with Gasteiger partial charge in [-0.15, -0.1) is 0 Å². The number of rotatable bonds is 9. The van der Waals surface area contributed by atoms with E-state index in [1.807, 2.05) is 56.3 Å². The number of hydrogen-bond acceptors (Lipinski definition) is 3. The summed E-state index contributed by atoms with van der Waals surface area (Å²) in [5.41, 5.74) is 3.02. The third-order valence-electron chi connectivity index (χ3n) is 3.54. The minimum absolute atomic E-state index is 0.00549. The van der Waals surface area contributed by atoms with Gasteiger partial charge < -0.3 is 14.8 Å². The van der Waals surface area contributed by atoms with E-state index < -0.39 is 0 Å². The second kappa shape index (κ2) is 10.2. The maximum absolute atomic E-state index is 11.8. The molecule has 0 aliphatic rings. The lowest BCUT2D eigenvalue weighted by molar-refractivity contribution is -0.126. The molecule has 2 aromatic carbocycles. The SMILES string of the molecule is CC(C)OCc1ccc(CNC(=O)COCc2ccccc2Cl)cc1. The Morgan fingerprint density at radius 2 is 1.72 bits per heavy atom. The highest BCUT2D eigenvalue weighted by atomic mass is 35.5. The lowest BCUT2D eigenvalue weighted by Crippen LogP contribution is -2.27. The zero-order valence-electron chi connectivity index (χ0n) is 14.6. The number of amides is 1. The molecule has 2 rings (SSSR count). The van der Waals surface area contributed by atoms with Gasteiger partial charge in [0.05, 0.1) is 19.3 Å². The minimum atomic E-state index is -0.153. The van der Waals surface area contributed by atoms with Crippen LogP contribution in [0, 0.1) is 0 Å². The number of nitrogens with one attached hydrogen (secondary N) is 1. The molecule has 0 radical (unpaired) electrons. The van der Waals surface area contributed by atoms with E-state index in [4.69, 9.17) is 21.1 Å². The van der Waals surface area contributed by atoms with Gasteiger partial charge in [0.1, 0.15) is 6.61 Å². The number of benzene rings is 2. The summed E-state index contributed by atoms with van der Waals surface area (Å²) >= 11 is 6.04. The van der Waals surface area contributed by atoms with Gasteiger partial charge in [-0.2, -0.15) is 0 Å². The van der Waals surface area contributed by atoms with E-state index in [1.54, 1.807) is 6.07 Å². The Balaban J connectivity index is 1.68. The zero-order valence-corrected chi connectivity index (χ0v) is 15.4. The molecule has 0 unspecified atom stereocenters. The zero-order chi connectivity index (χ0) is 18.1. The topological polar surface area (TPSA) is 47.6 Å². The van der Waals surface area contributed by atoms with Crippen LogP contribution in [-0.4, -0.2) is 18.6 Å². The number of halogens is 1. The normalized spacial score (nSPS) is 10.9. The lowest BCUT2D eigenvalue weighted by atomic mass is 10.1. The molecule has 0 atom stereocenters. The van der Waals surface area contributed by atoms with Gasteiger partial charge in [0.2, 0.25) is 5.91 Å². The van der Waals surface area contributed by atoms with Gasteiger partial charge in [-0.1, -0.05) is 54.1 Å². The van der Waals surface area contributed by atoms with Crippen LogP contribution < -0.4 is 5.32 Å². The summed E-state index contributed by atoms with van der Waals surface area (Å²) in [4.78, 5) is 11.8. The van der Waals surface area contributed by atoms with Crippen molar-refractivity contribution < 1.29 is 14.3 Å². The van der Waals surface area contributed by atoms with Gasteiger partial charge >= 0.3 is 0 Å². The van der Waals surface area contributed by atoms with Crippen molar-refractivity contribution in [3.05, 3.63) is 70.2 Å². The second-order valence-corrected chi connectivity index (χ2v) is 6.44. The fraction of sp³-hybridized carbons (Fsp3) is 0.350. The maximum atomic E-state index is 11.8. The van der Waals surface area contributed by atoms with E-state index in [9.17, 15) is 4.79 Å². The van der Waals surface area contributed by atoms with E-state index >= 15 is 0 Å². The van der Waals surface area contributed by atoms with Crippen molar-refractivity contribution in [1.29, 1.82) is 0 Å². The van der Waals surface area contributed by atoms with Crippen molar-refractivity contribution >= 4 is 17.5 Å².